The highest BCUT2D eigenvalue weighted by Crippen LogP contribution is 2.19. The molecule has 0 aliphatic carbocycles. The predicted molar refractivity (Wildman–Crippen MR) is 66.4 cm³/mol. The van der Waals surface area contributed by atoms with Crippen molar-refractivity contribution in [1.29, 1.82) is 0 Å². The van der Waals surface area contributed by atoms with Crippen molar-refractivity contribution in [3.05, 3.63) is 0 Å². The molecule has 2 amide bonds. The van der Waals surface area contributed by atoms with Gasteiger partial charge in [-0.05, 0) is 25.7 Å². The van der Waals surface area contributed by atoms with Gasteiger partial charge < -0.3 is 20.5 Å². The van der Waals surface area contributed by atoms with Crippen LogP contribution in [0, 0.1) is 5.92 Å². The first-order valence-corrected chi connectivity index (χ1v) is 6.32. The number of nitrogens with one attached hydrogen (secondary N) is 2. The number of urea groups is 1. The van der Waals surface area contributed by atoms with Crippen LogP contribution in [0.4, 0.5) is 4.79 Å². The summed E-state index contributed by atoms with van der Waals surface area (Å²) in [6.07, 6.45) is 0.239. The number of aliphatic carboxylic acids is 1. The molecule has 1 heterocycles. The molecule has 18 heavy (non-hydrogen) atoms. The number of carbonyl (C=O) groups excluding carboxylic acids is 1. The Bertz CT molecular complexity index is 306. The van der Waals surface area contributed by atoms with Gasteiger partial charge in [-0.15, -0.1) is 0 Å². The number of amides is 2. The molecule has 0 spiro atoms. The Morgan fingerprint density at radius 1 is 1.33 bits per heavy atom. The van der Waals surface area contributed by atoms with Gasteiger partial charge in [0, 0.05) is 12.6 Å². The van der Waals surface area contributed by atoms with Crippen LogP contribution in [0.15, 0.2) is 0 Å². The lowest BCUT2D eigenvalue weighted by Gasteiger charge is -2.19. The summed E-state index contributed by atoms with van der Waals surface area (Å²) in [5.74, 6) is -0.565. The normalized spacial score (nSPS) is 24.9. The predicted octanol–water partition coefficient (Wildman–Crippen LogP) is 0.962. The Morgan fingerprint density at radius 2 is 2.00 bits per heavy atom. The van der Waals surface area contributed by atoms with Gasteiger partial charge in [-0.25, -0.2) is 9.59 Å². The van der Waals surface area contributed by atoms with Crippen molar-refractivity contribution in [2.24, 2.45) is 5.92 Å². The van der Waals surface area contributed by atoms with Gasteiger partial charge in [0.15, 0.2) is 6.10 Å². The Morgan fingerprint density at radius 3 is 2.50 bits per heavy atom. The fourth-order valence-electron chi connectivity index (χ4n) is 1.67. The highest BCUT2D eigenvalue weighted by Gasteiger charge is 2.30. The fourth-order valence-corrected chi connectivity index (χ4v) is 1.67. The van der Waals surface area contributed by atoms with Gasteiger partial charge in [0.05, 0.1) is 6.10 Å². The third-order valence-corrected chi connectivity index (χ3v) is 3.23. The molecule has 0 aromatic rings. The molecule has 3 N–H and O–H groups in total. The first kappa shape index (κ1) is 14.8. The van der Waals surface area contributed by atoms with Crippen molar-refractivity contribution in [1.82, 2.24) is 10.6 Å². The molecule has 0 aromatic heterocycles. The molecule has 3 unspecified atom stereocenters. The second-order valence-corrected chi connectivity index (χ2v) is 5.05. The van der Waals surface area contributed by atoms with Crippen molar-refractivity contribution in [2.45, 2.75) is 51.9 Å². The number of carboxylic acids is 1. The monoisotopic (exact) mass is 258 g/mol. The SMILES string of the molecule is CC(C)C(C)NC(=O)NCC1CCC(C(=O)O)O1. The van der Waals surface area contributed by atoms with Crippen LogP contribution >= 0.6 is 0 Å². The summed E-state index contributed by atoms with van der Waals surface area (Å²) >= 11 is 0. The Hall–Kier alpha value is -1.30. The van der Waals surface area contributed by atoms with E-state index in [9.17, 15) is 9.59 Å². The summed E-state index contributed by atoms with van der Waals surface area (Å²) in [6, 6.07) is -0.139. The van der Waals surface area contributed by atoms with Crippen LogP contribution in [0.3, 0.4) is 0 Å². The Labute approximate surface area is 107 Å². The molecule has 1 aliphatic heterocycles. The van der Waals surface area contributed by atoms with Gasteiger partial charge in [0.2, 0.25) is 0 Å². The van der Waals surface area contributed by atoms with Gasteiger partial charge in [-0.2, -0.15) is 0 Å². The largest absolute Gasteiger partial charge is 0.479 e. The van der Waals surface area contributed by atoms with Crippen LogP contribution in [0.1, 0.15) is 33.6 Å². The van der Waals surface area contributed by atoms with E-state index in [2.05, 4.69) is 10.6 Å². The summed E-state index contributed by atoms with van der Waals surface area (Å²) in [4.78, 5) is 22.2. The molecular weight excluding hydrogens is 236 g/mol. The minimum atomic E-state index is -0.935. The van der Waals surface area contributed by atoms with E-state index in [1.54, 1.807) is 0 Å². The molecule has 0 saturated carbocycles. The lowest BCUT2D eigenvalue weighted by molar-refractivity contribution is -0.149. The van der Waals surface area contributed by atoms with Crippen molar-refractivity contribution in [3.8, 4) is 0 Å². The van der Waals surface area contributed by atoms with Crippen molar-refractivity contribution < 1.29 is 19.4 Å². The van der Waals surface area contributed by atoms with E-state index >= 15 is 0 Å². The van der Waals surface area contributed by atoms with Crippen LogP contribution in [-0.2, 0) is 9.53 Å². The second-order valence-electron chi connectivity index (χ2n) is 5.05. The zero-order valence-corrected chi connectivity index (χ0v) is 11.1. The van der Waals surface area contributed by atoms with Crippen LogP contribution in [0.5, 0.6) is 0 Å². The molecule has 6 nitrogen and oxygen atoms in total. The van der Waals surface area contributed by atoms with E-state index in [0.29, 0.717) is 25.3 Å². The molecule has 104 valence electrons. The molecule has 1 saturated heterocycles. The summed E-state index contributed by atoms with van der Waals surface area (Å²) in [7, 11) is 0. The van der Waals surface area contributed by atoms with E-state index in [0.717, 1.165) is 0 Å². The molecular formula is C12H22N2O4. The van der Waals surface area contributed by atoms with Crippen molar-refractivity contribution in [3.63, 3.8) is 0 Å². The minimum Gasteiger partial charge on any atom is -0.479 e. The molecule has 1 rings (SSSR count). The lowest BCUT2D eigenvalue weighted by atomic mass is 10.1. The molecule has 1 aliphatic rings. The van der Waals surface area contributed by atoms with E-state index in [1.165, 1.54) is 0 Å². The average Bonchev–Trinajstić information content (AvgIpc) is 2.74. The maximum Gasteiger partial charge on any atom is 0.332 e. The van der Waals surface area contributed by atoms with E-state index in [-0.39, 0.29) is 18.2 Å². The molecule has 1 fully saturated rings. The molecule has 3 atom stereocenters. The topological polar surface area (TPSA) is 87.7 Å². The van der Waals surface area contributed by atoms with Crippen molar-refractivity contribution in [2.75, 3.05) is 6.54 Å². The van der Waals surface area contributed by atoms with Gasteiger partial charge >= 0.3 is 12.0 Å². The van der Waals surface area contributed by atoms with Crippen LogP contribution in [-0.4, -0.2) is 41.9 Å². The standard InChI is InChI=1S/C12H22N2O4/c1-7(2)8(3)14-12(17)13-6-9-4-5-10(18-9)11(15)16/h7-10H,4-6H2,1-3H3,(H,15,16)(H2,13,14,17). The highest BCUT2D eigenvalue weighted by atomic mass is 16.5. The number of carboxylic acid groups (broad SMARTS) is 1. The summed E-state index contributed by atoms with van der Waals surface area (Å²) in [6.45, 7) is 6.35. The van der Waals surface area contributed by atoms with Crippen LogP contribution in [0.25, 0.3) is 0 Å². The van der Waals surface area contributed by atoms with Gasteiger partial charge in [0.25, 0.3) is 0 Å². The molecule has 0 bridgehead atoms. The van der Waals surface area contributed by atoms with E-state index in [1.807, 2.05) is 20.8 Å². The summed E-state index contributed by atoms with van der Waals surface area (Å²) in [5.41, 5.74) is 0. The maximum absolute atomic E-state index is 11.5. The van der Waals surface area contributed by atoms with Crippen LogP contribution < -0.4 is 10.6 Å². The summed E-state index contributed by atoms with van der Waals surface area (Å²) < 4.78 is 5.28. The highest BCUT2D eigenvalue weighted by molar-refractivity contribution is 5.74. The number of rotatable bonds is 5. The smallest absolute Gasteiger partial charge is 0.332 e. The lowest BCUT2D eigenvalue weighted by Crippen LogP contribution is -2.45. The Balaban J connectivity index is 2.22. The average molecular weight is 258 g/mol. The van der Waals surface area contributed by atoms with Gasteiger partial charge in [0.1, 0.15) is 0 Å². The third-order valence-electron chi connectivity index (χ3n) is 3.23. The number of carbonyl (C=O) groups is 2. The third kappa shape index (κ3) is 4.52. The number of ether oxygens (including phenoxy) is 1. The molecule has 0 aromatic carbocycles. The maximum atomic E-state index is 11.5. The molecule has 6 heteroatoms. The van der Waals surface area contributed by atoms with Gasteiger partial charge in [-0.1, -0.05) is 13.8 Å². The zero-order chi connectivity index (χ0) is 13.7. The quantitative estimate of drug-likeness (QED) is 0.685. The Kier molecular flexibility index (Phi) is 5.40. The molecule has 0 radical (unpaired) electrons. The number of hydrogen-bond acceptors (Lipinski definition) is 3. The fraction of sp³-hybridized carbons (Fsp3) is 0.833. The zero-order valence-electron chi connectivity index (χ0n) is 11.1. The first-order chi connectivity index (χ1) is 8.40. The van der Waals surface area contributed by atoms with Crippen molar-refractivity contribution >= 4 is 12.0 Å². The van der Waals surface area contributed by atoms with E-state index in [4.69, 9.17) is 9.84 Å². The second kappa shape index (κ2) is 6.58. The first-order valence-electron chi connectivity index (χ1n) is 6.32. The minimum absolute atomic E-state index is 0.0984. The number of hydrogen-bond donors (Lipinski definition) is 3. The van der Waals surface area contributed by atoms with Gasteiger partial charge in [-0.3, -0.25) is 0 Å². The summed E-state index contributed by atoms with van der Waals surface area (Å²) in [5, 5.41) is 14.3. The van der Waals surface area contributed by atoms with E-state index < -0.39 is 12.1 Å². The van der Waals surface area contributed by atoms with Crippen LogP contribution in [0.2, 0.25) is 0 Å².